The Balaban J connectivity index is 1.79. The van der Waals surface area contributed by atoms with Gasteiger partial charge in [0, 0.05) is 18.8 Å². The summed E-state index contributed by atoms with van der Waals surface area (Å²) in [5.74, 6) is 2.00. The predicted octanol–water partition coefficient (Wildman–Crippen LogP) is 2.53. The molecule has 0 amide bonds. The number of hydrogen-bond acceptors (Lipinski definition) is 1. The number of piperidine rings is 2. The summed E-state index contributed by atoms with van der Waals surface area (Å²) in [4.78, 5) is 2.54. The van der Waals surface area contributed by atoms with Crippen molar-refractivity contribution in [2.24, 2.45) is 11.8 Å². The zero-order valence-corrected chi connectivity index (χ0v) is 7.82. The normalized spacial score (nSPS) is 31.2. The monoisotopic (exact) mass is 173 g/mol. The molecule has 0 unspecified atom stereocenters. The van der Waals surface area contributed by atoms with Crippen molar-refractivity contribution in [2.45, 2.75) is 12.8 Å². The van der Waals surface area contributed by atoms with Gasteiger partial charge < -0.3 is 4.90 Å². The van der Waals surface area contributed by atoms with Crippen LogP contribution in [0.1, 0.15) is 12.8 Å². The van der Waals surface area contributed by atoms with Crippen LogP contribution in [0.15, 0.2) is 30.3 Å². The van der Waals surface area contributed by atoms with Gasteiger partial charge in [0.2, 0.25) is 0 Å². The lowest BCUT2D eigenvalue weighted by atomic mass is 9.71. The van der Waals surface area contributed by atoms with Crippen molar-refractivity contribution >= 4 is 5.69 Å². The Labute approximate surface area is 79.4 Å². The van der Waals surface area contributed by atoms with E-state index in [1.54, 1.807) is 0 Å². The third-order valence-corrected chi connectivity index (χ3v) is 3.41. The number of hydrogen-bond donors (Lipinski definition) is 0. The lowest BCUT2D eigenvalue weighted by molar-refractivity contribution is 0.159. The lowest BCUT2D eigenvalue weighted by Gasteiger charge is -2.48. The highest BCUT2D eigenvalue weighted by Crippen LogP contribution is 2.40. The molecule has 1 nitrogen and oxygen atoms in total. The summed E-state index contributed by atoms with van der Waals surface area (Å²) in [6.45, 7) is 2.58. The second-order valence-electron chi connectivity index (χ2n) is 4.44. The Morgan fingerprint density at radius 2 is 1.54 bits per heavy atom. The van der Waals surface area contributed by atoms with Crippen LogP contribution in [0.4, 0.5) is 5.69 Å². The van der Waals surface area contributed by atoms with Crippen LogP contribution < -0.4 is 4.90 Å². The molecule has 1 heteroatoms. The van der Waals surface area contributed by atoms with Gasteiger partial charge in [0.1, 0.15) is 0 Å². The summed E-state index contributed by atoms with van der Waals surface area (Å²) in [5.41, 5.74) is 1.41. The molecule has 2 saturated heterocycles. The molecular weight excluding hydrogens is 158 g/mol. The molecular formula is C12H15N. The van der Waals surface area contributed by atoms with Gasteiger partial charge in [-0.2, -0.15) is 0 Å². The Kier molecular flexibility index (Phi) is 1.58. The molecule has 0 N–H and O–H groups in total. The molecule has 0 atom stereocenters. The number of nitrogens with zero attached hydrogens (tertiary/aromatic N) is 1. The summed E-state index contributed by atoms with van der Waals surface area (Å²) in [6.07, 6.45) is 2.98. The van der Waals surface area contributed by atoms with Crippen LogP contribution in [0.25, 0.3) is 0 Å². The molecule has 0 radical (unpaired) electrons. The van der Waals surface area contributed by atoms with Crippen LogP contribution in [0.2, 0.25) is 0 Å². The summed E-state index contributed by atoms with van der Waals surface area (Å²) >= 11 is 0. The summed E-state index contributed by atoms with van der Waals surface area (Å²) < 4.78 is 0. The van der Waals surface area contributed by atoms with E-state index in [1.807, 2.05) is 0 Å². The number of fused-ring (bicyclic) bond motifs is 2. The summed E-state index contributed by atoms with van der Waals surface area (Å²) in [7, 11) is 0. The van der Waals surface area contributed by atoms with Crippen molar-refractivity contribution in [2.75, 3.05) is 18.0 Å². The summed E-state index contributed by atoms with van der Waals surface area (Å²) in [5, 5.41) is 0. The maximum atomic E-state index is 2.54. The van der Waals surface area contributed by atoms with Gasteiger partial charge in [-0.15, -0.1) is 0 Å². The average molecular weight is 173 g/mol. The van der Waals surface area contributed by atoms with Crippen LogP contribution in [0.5, 0.6) is 0 Å². The fourth-order valence-electron chi connectivity index (χ4n) is 2.72. The second-order valence-corrected chi connectivity index (χ2v) is 4.44. The van der Waals surface area contributed by atoms with Crippen molar-refractivity contribution in [3.63, 3.8) is 0 Å². The highest BCUT2D eigenvalue weighted by atomic mass is 15.2. The molecule has 2 bridgehead atoms. The molecule has 3 aliphatic rings. The minimum absolute atomic E-state index is 0.999. The van der Waals surface area contributed by atoms with E-state index in [4.69, 9.17) is 0 Å². The van der Waals surface area contributed by atoms with Gasteiger partial charge in [-0.05, 0) is 36.8 Å². The van der Waals surface area contributed by atoms with E-state index in [2.05, 4.69) is 35.2 Å². The third-order valence-electron chi connectivity index (χ3n) is 3.41. The zero-order chi connectivity index (χ0) is 8.67. The standard InChI is InChI=1S/C12H15N/c1-2-4-12(5-3-1)13-8-10-6-11(7-10)9-13/h1-5,10-11H,6-9H2. The van der Waals surface area contributed by atoms with Crippen LogP contribution in [0, 0.1) is 11.8 Å². The van der Waals surface area contributed by atoms with Gasteiger partial charge in [0.25, 0.3) is 0 Å². The smallest absolute Gasteiger partial charge is 0.0366 e. The number of benzene rings is 1. The first kappa shape index (κ1) is 7.43. The van der Waals surface area contributed by atoms with E-state index in [-0.39, 0.29) is 0 Å². The first-order valence-electron chi connectivity index (χ1n) is 5.22. The third kappa shape index (κ3) is 1.23. The van der Waals surface area contributed by atoms with Crippen LogP contribution in [0.3, 0.4) is 0 Å². The molecule has 0 aromatic heterocycles. The minimum Gasteiger partial charge on any atom is -0.371 e. The molecule has 68 valence electrons. The number of anilines is 1. The van der Waals surface area contributed by atoms with Crippen LogP contribution in [-0.4, -0.2) is 13.1 Å². The van der Waals surface area contributed by atoms with E-state index < -0.39 is 0 Å². The molecule has 2 heterocycles. The molecule has 1 aromatic carbocycles. The van der Waals surface area contributed by atoms with Crippen molar-refractivity contribution in [1.29, 1.82) is 0 Å². The van der Waals surface area contributed by atoms with Gasteiger partial charge in [-0.1, -0.05) is 18.2 Å². The van der Waals surface area contributed by atoms with Gasteiger partial charge in [0.05, 0.1) is 0 Å². The second kappa shape index (κ2) is 2.76. The fraction of sp³-hybridized carbons (Fsp3) is 0.500. The van der Waals surface area contributed by atoms with Crippen LogP contribution in [-0.2, 0) is 0 Å². The van der Waals surface area contributed by atoms with Gasteiger partial charge in [-0.3, -0.25) is 0 Å². The predicted molar refractivity (Wildman–Crippen MR) is 54.9 cm³/mol. The molecule has 2 aliphatic heterocycles. The van der Waals surface area contributed by atoms with E-state index in [0.717, 1.165) is 11.8 Å². The van der Waals surface area contributed by atoms with E-state index in [0.29, 0.717) is 0 Å². The average Bonchev–Trinajstić information content (AvgIpc) is 2.18. The maximum Gasteiger partial charge on any atom is 0.0366 e. The Morgan fingerprint density at radius 3 is 2.15 bits per heavy atom. The molecule has 0 spiro atoms. The molecule has 1 aromatic rings. The topological polar surface area (TPSA) is 3.24 Å². The lowest BCUT2D eigenvalue weighted by Crippen LogP contribution is -2.48. The van der Waals surface area contributed by atoms with E-state index in [1.165, 1.54) is 31.6 Å². The highest BCUT2D eigenvalue weighted by Gasteiger charge is 2.36. The summed E-state index contributed by atoms with van der Waals surface area (Å²) in [6, 6.07) is 10.8. The largest absolute Gasteiger partial charge is 0.371 e. The fourth-order valence-corrected chi connectivity index (χ4v) is 2.72. The Bertz CT molecular complexity index is 277. The van der Waals surface area contributed by atoms with Crippen molar-refractivity contribution in [1.82, 2.24) is 0 Å². The minimum atomic E-state index is 0.999. The molecule has 3 fully saturated rings. The van der Waals surface area contributed by atoms with Crippen molar-refractivity contribution in [3.05, 3.63) is 30.3 Å². The molecule has 1 saturated carbocycles. The van der Waals surface area contributed by atoms with Gasteiger partial charge >= 0.3 is 0 Å². The SMILES string of the molecule is c1ccc(N2CC3CC(C3)C2)cc1. The van der Waals surface area contributed by atoms with Gasteiger partial charge in [-0.25, -0.2) is 0 Å². The maximum absolute atomic E-state index is 2.54. The number of rotatable bonds is 1. The highest BCUT2D eigenvalue weighted by molar-refractivity contribution is 5.47. The Morgan fingerprint density at radius 1 is 0.923 bits per heavy atom. The van der Waals surface area contributed by atoms with Crippen LogP contribution >= 0.6 is 0 Å². The van der Waals surface area contributed by atoms with Crippen molar-refractivity contribution < 1.29 is 0 Å². The molecule has 13 heavy (non-hydrogen) atoms. The first-order chi connectivity index (χ1) is 6.42. The zero-order valence-electron chi connectivity index (χ0n) is 7.82. The van der Waals surface area contributed by atoms with E-state index in [9.17, 15) is 0 Å². The van der Waals surface area contributed by atoms with Gasteiger partial charge in [0.15, 0.2) is 0 Å². The molecule has 4 rings (SSSR count). The Hall–Kier alpha value is -0.980. The first-order valence-corrected chi connectivity index (χ1v) is 5.22. The molecule has 1 aliphatic carbocycles. The quantitative estimate of drug-likeness (QED) is 0.630. The number of para-hydroxylation sites is 1. The van der Waals surface area contributed by atoms with Crippen molar-refractivity contribution in [3.8, 4) is 0 Å². The van der Waals surface area contributed by atoms with E-state index >= 15 is 0 Å².